The Morgan fingerprint density at radius 1 is 1.15 bits per heavy atom. The van der Waals surface area contributed by atoms with Crippen molar-refractivity contribution >= 4 is 27.3 Å². The summed E-state index contributed by atoms with van der Waals surface area (Å²) in [5, 5.41) is 5.38. The van der Waals surface area contributed by atoms with E-state index in [1.54, 1.807) is 24.3 Å². The Morgan fingerprint density at radius 3 is 2.27 bits per heavy atom. The molecule has 2 rings (SSSR count). The zero-order valence-corrected chi connectivity index (χ0v) is 16.4. The van der Waals surface area contributed by atoms with Crippen LogP contribution in [0.15, 0.2) is 24.3 Å². The van der Waals surface area contributed by atoms with Gasteiger partial charge in [-0.3, -0.25) is 9.59 Å². The van der Waals surface area contributed by atoms with E-state index in [1.165, 1.54) is 13.8 Å². The Hall–Kier alpha value is -2.09. The van der Waals surface area contributed by atoms with E-state index in [0.717, 1.165) is 0 Å². The molecule has 8 heteroatoms. The lowest BCUT2D eigenvalue weighted by Gasteiger charge is -2.24. The lowest BCUT2D eigenvalue weighted by Crippen LogP contribution is -2.48. The van der Waals surface area contributed by atoms with Crippen LogP contribution in [0.3, 0.4) is 0 Å². The average molecular weight is 382 g/mol. The molecule has 1 atom stereocenters. The van der Waals surface area contributed by atoms with Crippen molar-refractivity contribution < 1.29 is 22.7 Å². The van der Waals surface area contributed by atoms with Gasteiger partial charge in [0.1, 0.15) is 11.2 Å². The average Bonchev–Trinajstić information content (AvgIpc) is 2.87. The molecule has 0 bridgehead atoms. The number of ether oxygens (including phenoxy) is 1. The fourth-order valence-corrected chi connectivity index (χ4v) is 4.23. The molecule has 1 aliphatic rings. The molecule has 1 fully saturated rings. The Kier molecular flexibility index (Phi) is 5.95. The van der Waals surface area contributed by atoms with E-state index in [9.17, 15) is 18.0 Å². The van der Waals surface area contributed by atoms with Gasteiger partial charge in [0.15, 0.2) is 9.84 Å². The second-order valence-electron chi connectivity index (χ2n) is 7.34. The highest BCUT2D eigenvalue weighted by atomic mass is 32.2. The first-order chi connectivity index (χ1) is 12.0. The number of sulfone groups is 1. The summed E-state index contributed by atoms with van der Waals surface area (Å²) in [6.45, 7) is 6.87. The fraction of sp³-hybridized carbons (Fsp3) is 0.556. The number of hydrogen-bond donors (Lipinski definition) is 2. The number of rotatable bonds is 6. The Labute approximate surface area is 154 Å². The molecule has 0 aromatic heterocycles. The molecular formula is C18H26N2O5S. The van der Waals surface area contributed by atoms with Crippen molar-refractivity contribution in [2.24, 2.45) is 5.41 Å². The molecule has 26 heavy (non-hydrogen) atoms. The zero-order valence-electron chi connectivity index (χ0n) is 15.5. The molecule has 1 aromatic rings. The summed E-state index contributed by atoms with van der Waals surface area (Å²) in [5.41, 5.74) is -0.783. The zero-order chi connectivity index (χ0) is 19.5. The van der Waals surface area contributed by atoms with E-state index in [4.69, 9.17) is 4.74 Å². The van der Waals surface area contributed by atoms with Crippen LogP contribution in [0.4, 0.5) is 5.69 Å². The summed E-state index contributed by atoms with van der Waals surface area (Å²) < 4.78 is 28.5. The molecule has 1 heterocycles. The molecule has 0 saturated carbocycles. The third-order valence-electron chi connectivity index (χ3n) is 4.19. The molecule has 1 saturated heterocycles. The largest absolute Gasteiger partial charge is 0.491 e. The first kappa shape index (κ1) is 20.2. The van der Waals surface area contributed by atoms with Crippen LogP contribution in [0, 0.1) is 5.41 Å². The third kappa shape index (κ3) is 5.20. The first-order valence-electron chi connectivity index (χ1n) is 8.59. The molecule has 2 N–H and O–H groups in total. The molecular weight excluding hydrogens is 356 g/mol. The standard InChI is InChI=1S/C18H26N2O5S/c1-12(2)25-15-7-5-13(6-8-15)19-16(21)18(3,4)17(22)20-14-9-10-26(23,24)11-14/h5-8,12,14H,9-11H2,1-4H3,(H,19,21)(H,20,22). The van der Waals surface area contributed by atoms with Crippen molar-refractivity contribution in [3.8, 4) is 5.75 Å². The fourth-order valence-electron chi connectivity index (χ4n) is 2.55. The highest BCUT2D eigenvalue weighted by Crippen LogP contribution is 2.22. The molecule has 144 valence electrons. The highest BCUT2D eigenvalue weighted by molar-refractivity contribution is 7.91. The van der Waals surface area contributed by atoms with E-state index >= 15 is 0 Å². The number of hydrogen-bond acceptors (Lipinski definition) is 5. The van der Waals surface area contributed by atoms with Gasteiger partial charge < -0.3 is 15.4 Å². The van der Waals surface area contributed by atoms with Gasteiger partial charge in [0, 0.05) is 11.7 Å². The van der Waals surface area contributed by atoms with Crippen molar-refractivity contribution in [3.63, 3.8) is 0 Å². The lowest BCUT2D eigenvalue weighted by atomic mass is 9.90. The summed E-state index contributed by atoms with van der Waals surface area (Å²) in [6.07, 6.45) is 0.431. The van der Waals surface area contributed by atoms with E-state index in [1.807, 2.05) is 13.8 Å². The van der Waals surface area contributed by atoms with Gasteiger partial charge in [-0.15, -0.1) is 0 Å². The first-order valence-corrected chi connectivity index (χ1v) is 10.4. The van der Waals surface area contributed by atoms with Gasteiger partial charge >= 0.3 is 0 Å². The maximum Gasteiger partial charge on any atom is 0.239 e. The molecule has 1 unspecified atom stereocenters. The number of benzene rings is 1. The van der Waals surface area contributed by atoms with E-state index < -0.39 is 33.1 Å². The number of carbonyl (C=O) groups is 2. The number of carbonyl (C=O) groups excluding carboxylic acids is 2. The van der Waals surface area contributed by atoms with Crippen LogP contribution in [0.25, 0.3) is 0 Å². The van der Waals surface area contributed by atoms with E-state index in [0.29, 0.717) is 17.9 Å². The SMILES string of the molecule is CC(C)Oc1ccc(NC(=O)C(C)(C)C(=O)NC2CCS(=O)(=O)C2)cc1. The maximum atomic E-state index is 12.5. The molecule has 7 nitrogen and oxygen atoms in total. The van der Waals surface area contributed by atoms with Gasteiger partial charge in [0.05, 0.1) is 17.6 Å². The molecule has 0 aliphatic carbocycles. The van der Waals surface area contributed by atoms with E-state index in [2.05, 4.69) is 10.6 Å². The smallest absolute Gasteiger partial charge is 0.239 e. The number of amides is 2. The van der Waals surface area contributed by atoms with Gasteiger partial charge in [-0.25, -0.2) is 8.42 Å². The van der Waals surface area contributed by atoms with Crippen LogP contribution in [-0.4, -0.2) is 43.9 Å². The quantitative estimate of drug-likeness (QED) is 0.730. The van der Waals surface area contributed by atoms with Crippen molar-refractivity contribution in [2.75, 3.05) is 16.8 Å². The van der Waals surface area contributed by atoms with E-state index in [-0.39, 0.29) is 17.6 Å². The minimum Gasteiger partial charge on any atom is -0.491 e. The second kappa shape index (κ2) is 7.65. The Bertz CT molecular complexity index is 769. The van der Waals surface area contributed by atoms with Crippen LogP contribution in [0.1, 0.15) is 34.1 Å². The summed E-state index contributed by atoms with van der Waals surface area (Å²) in [7, 11) is -3.10. The third-order valence-corrected chi connectivity index (χ3v) is 5.95. The summed E-state index contributed by atoms with van der Waals surface area (Å²) >= 11 is 0. The summed E-state index contributed by atoms with van der Waals surface area (Å²) in [4.78, 5) is 25.0. The van der Waals surface area contributed by atoms with Crippen molar-refractivity contribution in [1.29, 1.82) is 0 Å². The predicted molar refractivity (Wildman–Crippen MR) is 99.8 cm³/mol. The van der Waals surface area contributed by atoms with Crippen LogP contribution in [0.5, 0.6) is 5.75 Å². The molecule has 1 aliphatic heterocycles. The van der Waals surface area contributed by atoms with Gasteiger partial charge in [0.2, 0.25) is 11.8 Å². The predicted octanol–water partition coefficient (Wildman–Crippen LogP) is 1.74. The number of nitrogens with one attached hydrogen (secondary N) is 2. The van der Waals surface area contributed by atoms with Crippen molar-refractivity contribution in [3.05, 3.63) is 24.3 Å². The van der Waals surface area contributed by atoms with Crippen LogP contribution in [0.2, 0.25) is 0 Å². The lowest BCUT2D eigenvalue weighted by molar-refractivity contribution is -0.138. The van der Waals surface area contributed by atoms with Gasteiger partial charge in [-0.2, -0.15) is 0 Å². The van der Waals surface area contributed by atoms with Crippen LogP contribution in [-0.2, 0) is 19.4 Å². The van der Waals surface area contributed by atoms with Gasteiger partial charge in [0.25, 0.3) is 0 Å². The second-order valence-corrected chi connectivity index (χ2v) is 9.57. The molecule has 0 radical (unpaired) electrons. The minimum absolute atomic E-state index is 0.0532. The monoisotopic (exact) mass is 382 g/mol. The Balaban J connectivity index is 1.97. The van der Waals surface area contributed by atoms with Crippen molar-refractivity contribution in [1.82, 2.24) is 5.32 Å². The minimum atomic E-state index is -3.10. The van der Waals surface area contributed by atoms with Crippen molar-refractivity contribution in [2.45, 2.75) is 46.3 Å². The Morgan fingerprint density at radius 2 is 1.77 bits per heavy atom. The maximum absolute atomic E-state index is 12.5. The summed E-state index contributed by atoms with van der Waals surface area (Å²) in [5.74, 6) is -0.272. The topological polar surface area (TPSA) is 102 Å². The van der Waals surface area contributed by atoms with Gasteiger partial charge in [-0.1, -0.05) is 0 Å². The molecule has 1 aromatic carbocycles. The molecule has 0 spiro atoms. The number of anilines is 1. The summed E-state index contributed by atoms with van der Waals surface area (Å²) in [6, 6.07) is 6.45. The van der Waals surface area contributed by atoms with Crippen LogP contribution < -0.4 is 15.4 Å². The van der Waals surface area contributed by atoms with Gasteiger partial charge in [-0.05, 0) is 58.4 Å². The normalized spacial score (nSPS) is 19.2. The highest BCUT2D eigenvalue weighted by Gasteiger charge is 2.39. The van der Waals surface area contributed by atoms with Crippen LogP contribution >= 0.6 is 0 Å². The molecule has 2 amide bonds.